The summed E-state index contributed by atoms with van der Waals surface area (Å²) < 4.78 is 10.7. The third kappa shape index (κ3) is 3.26. The van der Waals surface area contributed by atoms with Crippen molar-refractivity contribution < 1.29 is 19.1 Å². The number of methoxy groups -OCH3 is 1. The van der Waals surface area contributed by atoms with E-state index in [1.54, 1.807) is 25.5 Å². The lowest BCUT2D eigenvalue weighted by molar-refractivity contribution is -0.115. The van der Waals surface area contributed by atoms with Crippen LogP contribution >= 0.6 is 0 Å². The first-order valence-corrected chi connectivity index (χ1v) is 7.65. The van der Waals surface area contributed by atoms with Crippen LogP contribution in [0.3, 0.4) is 0 Å². The van der Waals surface area contributed by atoms with Crippen molar-refractivity contribution in [2.75, 3.05) is 12.4 Å². The van der Waals surface area contributed by atoms with Gasteiger partial charge in [0.2, 0.25) is 5.91 Å². The van der Waals surface area contributed by atoms with E-state index in [1.165, 1.54) is 0 Å². The molecule has 0 fully saturated rings. The normalized spacial score (nSPS) is 10.8. The number of hydrogen-bond donors (Lipinski definition) is 2. The lowest BCUT2D eigenvalue weighted by Crippen LogP contribution is -2.15. The Bertz CT molecular complexity index is 882. The molecule has 0 bridgehead atoms. The van der Waals surface area contributed by atoms with Gasteiger partial charge in [0.15, 0.2) is 0 Å². The maximum Gasteiger partial charge on any atom is 0.228 e. The van der Waals surface area contributed by atoms with Crippen molar-refractivity contribution in [3.63, 3.8) is 0 Å². The van der Waals surface area contributed by atoms with Crippen LogP contribution in [-0.4, -0.2) is 18.1 Å². The zero-order valence-corrected chi connectivity index (χ0v) is 13.6. The topological polar surface area (TPSA) is 71.7 Å². The molecule has 0 spiro atoms. The SMILES string of the molecule is COc1ccc2c(CC(=O)Nc3cc(CO)ccc3C)coc2c1. The average molecular weight is 325 g/mol. The quantitative estimate of drug-likeness (QED) is 0.754. The fourth-order valence-corrected chi connectivity index (χ4v) is 2.60. The van der Waals surface area contributed by atoms with E-state index in [9.17, 15) is 9.90 Å². The molecule has 0 aliphatic heterocycles. The van der Waals surface area contributed by atoms with Gasteiger partial charge in [-0.2, -0.15) is 0 Å². The third-order valence-corrected chi connectivity index (χ3v) is 3.97. The fraction of sp³-hybridized carbons (Fsp3) is 0.211. The Balaban J connectivity index is 1.78. The summed E-state index contributed by atoms with van der Waals surface area (Å²) in [5, 5.41) is 13.0. The molecular formula is C19H19NO4. The number of hydrogen-bond acceptors (Lipinski definition) is 4. The van der Waals surface area contributed by atoms with Gasteiger partial charge in [-0.15, -0.1) is 0 Å². The van der Waals surface area contributed by atoms with Crippen molar-refractivity contribution in [1.82, 2.24) is 0 Å². The Hall–Kier alpha value is -2.79. The van der Waals surface area contributed by atoms with E-state index >= 15 is 0 Å². The Morgan fingerprint density at radius 2 is 2.08 bits per heavy atom. The molecule has 5 heteroatoms. The van der Waals surface area contributed by atoms with Crippen LogP contribution in [0.25, 0.3) is 11.0 Å². The summed E-state index contributed by atoms with van der Waals surface area (Å²) in [5.41, 5.74) is 3.93. The number of fused-ring (bicyclic) bond motifs is 1. The molecule has 3 aromatic rings. The van der Waals surface area contributed by atoms with E-state index in [0.29, 0.717) is 17.0 Å². The highest BCUT2D eigenvalue weighted by atomic mass is 16.5. The zero-order valence-electron chi connectivity index (χ0n) is 13.6. The lowest BCUT2D eigenvalue weighted by atomic mass is 10.1. The molecule has 2 N–H and O–H groups in total. The van der Waals surface area contributed by atoms with Gasteiger partial charge in [-0.05, 0) is 36.2 Å². The Morgan fingerprint density at radius 3 is 2.83 bits per heavy atom. The highest BCUT2D eigenvalue weighted by Crippen LogP contribution is 2.26. The maximum atomic E-state index is 12.4. The van der Waals surface area contributed by atoms with Gasteiger partial charge in [0, 0.05) is 22.7 Å². The van der Waals surface area contributed by atoms with Crippen molar-refractivity contribution in [1.29, 1.82) is 0 Å². The zero-order chi connectivity index (χ0) is 17.1. The lowest BCUT2D eigenvalue weighted by Gasteiger charge is -2.09. The van der Waals surface area contributed by atoms with E-state index in [1.807, 2.05) is 31.2 Å². The van der Waals surface area contributed by atoms with Crippen LogP contribution in [0.4, 0.5) is 5.69 Å². The van der Waals surface area contributed by atoms with Gasteiger partial charge in [-0.25, -0.2) is 0 Å². The minimum absolute atomic E-state index is 0.0582. The van der Waals surface area contributed by atoms with Crippen LogP contribution in [0.2, 0.25) is 0 Å². The number of furan rings is 1. The first-order chi connectivity index (χ1) is 11.6. The molecule has 0 radical (unpaired) electrons. The molecule has 0 unspecified atom stereocenters. The van der Waals surface area contributed by atoms with Gasteiger partial charge in [0.05, 0.1) is 26.4 Å². The summed E-state index contributed by atoms with van der Waals surface area (Å²) in [6.45, 7) is 1.85. The van der Waals surface area contributed by atoms with Gasteiger partial charge in [0.25, 0.3) is 0 Å². The molecule has 0 aliphatic rings. The summed E-state index contributed by atoms with van der Waals surface area (Å²) >= 11 is 0. The number of rotatable bonds is 5. The van der Waals surface area contributed by atoms with Crippen LogP contribution in [0, 0.1) is 6.92 Å². The predicted octanol–water partition coefficient (Wildman–Crippen LogP) is 3.42. The molecule has 1 aromatic heterocycles. The molecule has 1 heterocycles. The number of ether oxygens (including phenoxy) is 1. The smallest absolute Gasteiger partial charge is 0.228 e. The second-order valence-corrected chi connectivity index (χ2v) is 5.66. The minimum atomic E-state index is -0.133. The van der Waals surface area contributed by atoms with Crippen molar-refractivity contribution in [3.05, 3.63) is 59.4 Å². The number of benzene rings is 2. The second-order valence-electron chi connectivity index (χ2n) is 5.66. The third-order valence-electron chi connectivity index (χ3n) is 3.97. The van der Waals surface area contributed by atoms with Crippen molar-refractivity contribution in [3.8, 4) is 5.75 Å². The predicted molar refractivity (Wildman–Crippen MR) is 92.2 cm³/mol. The van der Waals surface area contributed by atoms with Gasteiger partial charge >= 0.3 is 0 Å². The van der Waals surface area contributed by atoms with Gasteiger partial charge in [0.1, 0.15) is 11.3 Å². The average Bonchev–Trinajstić information content (AvgIpc) is 2.98. The van der Waals surface area contributed by atoms with E-state index in [0.717, 1.165) is 22.1 Å². The van der Waals surface area contributed by atoms with Crippen molar-refractivity contribution in [2.45, 2.75) is 20.0 Å². The molecule has 0 saturated carbocycles. The van der Waals surface area contributed by atoms with Crippen molar-refractivity contribution in [2.24, 2.45) is 0 Å². The highest BCUT2D eigenvalue weighted by Gasteiger charge is 2.12. The Labute approximate surface area is 139 Å². The van der Waals surface area contributed by atoms with Gasteiger partial charge < -0.3 is 19.6 Å². The Morgan fingerprint density at radius 1 is 1.25 bits per heavy atom. The number of aliphatic hydroxyl groups is 1. The number of anilines is 1. The standard InChI is InChI=1S/C19H19NO4/c1-12-3-4-13(10-21)7-17(12)20-19(22)8-14-11-24-18-9-15(23-2)5-6-16(14)18/h3-7,9,11,21H,8,10H2,1-2H3,(H,20,22). The summed E-state index contributed by atoms with van der Waals surface area (Å²) in [6.07, 6.45) is 1.81. The first kappa shape index (κ1) is 16.1. The maximum absolute atomic E-state index is 12.4. The van der Waals surface area contributed by atoms with E-state index in [4.69, 9.17) is 9.15 Å². The van der Waals surface area contributed by atoms with Gasteiger partial charge in [-0.3, -0.25) is 4.79 Å². The van der Waals surface area contributed by atoms with Crippen LogP contribution in [0.5, 0.6) is 5.75 Å². The molecule has 2 aromatic carbocycles. The molecule has 24 heavy (non-hydrogen) atoms. The van der Waals surface area contributed by atoms with Crippen LogP contribution in [-0.2, 0) is 17.8 Å². The Kier molecular flexibility index (Phi) is 4.53. The van der Waals surface area contributed by atoms with E-state index in [2.05, 4.69) is 5.32 Å². The molecule has 3 rings (SSSR count). The monoisotopic (exact) mass is 325 g/mol. The number of carbonyl (C=O) groups excluding carboxylic acids is 1. The molecular weight excluding hydrogens is 306 g/mol. The number of aliphatic hydroxyl groups excluding tert-OH is 1. The highest BCUT2D eigenvalue weighted by molar-refractivity contribution is 5.96. The molecule has 5 nitrogen and oxygen atoms in total. The first-order valence-electron chi connectivity index (χ1n) is 7.65. The number of carbonyl (C=O) groups is 1. The fourth-order valence-electron chi connectivity index (χ4n) is 2.60. The summed E-state index contributed by atoms with van der Waals surface area (Å²) in [4.78, 5) is 12.4. The van der Waals surface area contributed by atoms with Crippen molar-refractivity contribution >= 4 is 22.6 Å². The van der Waals surface area contributed by atoms with Gasteiger partial charge in [-0.1, -0.05) is 12.1 Å². The van der Waals surface area contributed by atoms with Crippen LogP contribution in [0.15, 0.2) is 47.1 Å². The van der Waals surface area contributed by atoms with Crippen LogP contribution in [0.1, 0.15) is 16.7 Å². The second kappa shape index (κ2) is 6.76. The van der Waals surface area contributed by atoms with Crippen LogP contribution < -0.4 is 10.1 Å². The minimum Gasteiger partial charge on any atom is -0.497 e. The summed E-state index contributed by atoms with van der Waals surface area (Å²) in [6, 6.07) is 11.0. The summed E-state index contributed by atoms with van der Waals surface area (Å²) in [7, 11) is 1.60. The summed E-state index contributed by atoms with van der Waals surface area (Å²) in [5.74, 6) is 0.580. The number of amides is 1. The number of nitrogens with one attached hydrogen (secondary N) is 1. The largest absolute Gasteiger partial charge is 0.497 e. The molecule has 0 aliphatic carbocycles. The molecule has 124 valence electrons. The van der Waals surface area contributed by atoms with E-state index in [-0.39, 0.29) is 18.9 Å². The molecule has 0 atom stereocenters. The number of aryl methyl sites for hydroxylation is 1. The van der Waals surface area contributed by atoms with E-state index < -0.39 is 0 Å². The molecule has 1 amide bonds. The molecule has 0 saturated heterocycles.